The van der Waals surface area contributed by atoms with E-state index in [9.17, 15) is 9.59 Å². The van der Waals surface area contributed by atoms with Crippen molar-refractivity contribution in [3.63, 3.8) is 0 Å². The summed E-state index contributed by atoms with van der Waals surface area (Å²) >= 11 is 0. The predicted molar refractivity (Wildman–Crippen MR) is 118 cm³/mol. The maximum absolute atomic E-state index is 13.0. The molecule has 30 heavy (non-hydrogen) atoms. The highest BCUT2D eigenvalue weighted by Crippen LogP contribution is 2.31. The second kappa shape index (κ2) is 8.05. The summed E-state index contributed by atoms with van der Waals surface area (Å²) < 4.78 is 5.37. The van der Waals surface area contributed by atoms with Crippen molar-refractivity contribution in [2.24, 2.45) is 4.99 Å². The van der Waals surface area contributed by atoms with Crippen molar-refractivity contribution in [2.75, 3.05) is 20.2 Å². The lowest BCUT2D eigenvalue weighted by atomic mass is 9.85. The summed E-state index contributed by atoms with van der Waals surface area (Å²) in [5, 5.41) is 0. The van der Waals surface area contributed by atoms with Crippen molar-refractivity contribution in [2.45, 2.75) is 45.1 Å². The molecule has 5 nitrogen and oxygen atoms in total. The summed E-state index contributed by atoms with van der Waals surface area (Å²) in [4.78, 5) is 32.3. The van der Waals surface area contributed by atoms with Crippen LogP contribution in [0.5, 0.6) is 5.75 Å². The van der Waals surface area contributed by atoms with Crippen molar-refractivity contribution < 1.29 is 14.3 Å². The first-order valence-corrected chi connectivity index (χ1v) is 10.5. The number of hydrogen-bond acceptors (Lipinski definition) is 4. The van der Waals surface area contributed by atoms with E-state index >= 15 is 0 Å². The molecule has 0 saturated carbocycles. The Morgan fingerprint density at radius 3 is 2.37 bits per heavy atom. The maximum atomic E-state index is 13.0. The number of benzene rings is 2. The van der Waals surface area contributed by atoms with Gasteiger partial charge in [-0.15, -0.1) is 0 Å². The zero-order chi connectivity index (χ0) is 21.3. The molecule has 156 valence electrons. The highest BCUT2D eigenvalue weighted by atomic mass is 16.5. The topological polar surface area (TPSA) is 59.0 Å². The molecule has 0 aliphatic carbocycles. The fraction of sp³-hybridized carbons (Fsp3) is 0.400. The third-order valence-electron chi connectivity index (χ3n) is 5.86. The lowest BCUT2D eigenvalue weighted by Crippen LogP contribution is -2.30. The summed E-state index contributed by atoms with van der Waals surface area (Å²) in [5.41, 5.74) is 3.96. The van der Waals surface area contributed by atoms with Crippen LogP contribution >= 0.6 is 0 Å². The number of carbonyl (C=O) groups excluding carboxylic acids is 2. The first kappa shape index (κ1) is 20.3. The van der Waals surface area contributed by atoms with E-state index in [4.69, 9.17) is 9.73 Å². The Bertz CT molecular complexity index is 1000. The van der Waals surface area contributed by atoms with Gasteiger partial charge in [0.2, 0.25) is 0 Å². The molecule has 2 aromatic carbocycles. The van der Waals surface area contributed by atoms with Gasteiger partial charge in [-0.2, -0.15) is 0 Å². The van der Waals surface area contributed by atoms with Gasteiger partial charge in [0.15, 0.2) is 5.78 Å². The smallest absolute Gasteiger partial charge is 0.253 e. The molecule has 2 aliphatic rings. The lowest BCUT2D eigenvalue weighted by Gasteiger charge is -2.29. The molecule has 0 atom stereocenters. The number of ether oxygens (including phenoxy) is 1. The number of ketones is 1. The number of methoxy groups -OCH3 is 1. The Balaban J connectivity index is 1.54. The molecule has 0 bridgehead atoms. The van der Waals surface area contributed by atoms with Gasteiger partial charge in [0.05, 0.1) is 24.8 Å². The van der Waals surface area contributed by atoms with Gasteiger partial charge in [-0.25, -0.2) is 0 Å². The van der Waals surface area contributed by atoms with E-state index in [2.05, 4.69) is 19.9 Å². The van der Waals surface area contributed by atoms with Crippen LogP contribution in [0.4, 0.5) is 0 Å². The molecule has 0 radical (unpaired) electrons. The Morgan fingerprint density at radius 1 is 1.03 bits per heavy atom. The molecule has 1 amide bonds. The van der Waals surface area contributed by atoms with Gasteiger partial charge in [-0.05, 0) is 62.9 Å². The van der Waals surface area contributed by atoms with E-state index in [1.54, 1.807) is 31.4 Å². The fourth-order valence-electron chi connectivity index (χ4n) is 4.33. The molecule has 2 aromatic rings. The molecule has 0 N–H and O–H groups in total. The minimum Gasteiger partial charge on any atom is -0.497 e. The summed E-state index contributed by atoms with van der Waals surface area (Å²) in [5.74, 6) is 0.810. The maximum Gasteiger partial charge on any atom is 0.253 e. The van der Waals surface area contributed by atoms with E-state index in [1.165, 1.54) is 5.56 Å². The third kappa shape index (κ3) is 4.16. The van der Waals surface area contributed by atoms with Crippen LogP contribution in [0.3, 0.4) is 0 Å². The quantitative estimate of drug-likeness (QED) is 0.697. The second-order valence-corrected chi connectivity index (χ2v) is 8.75. The lowest BCUT2D eigenvalue weighted by molar-refractivity contribution is 0.0792. The number of rotatable bonds is 5. The molecular weight excluding hydrogens is 376 g/mol. The van der Waals surface area contributed by atoms with Gasteiger partial charge in [0.1, 0.15) is 5.75 Å². The summed E-state index contributed by atoms with van der Waals surface area (Å²) in [6.45, 7) is 5.81. The van der Waals surface area contributed by atoms with Gasteiger partial charge >= 0.3 is 0 Å². The minimum atomic E-state index is -0.247. The third-order valence-corrected chi connectivity index (χ3v) is 5.86. The number of likely N-dealkylation sites (tertiary alicyclic amines) is 1. The van der Waals surface area contributed by atoms with Crippen molar-refractivity contribution >= 4 is 17.4 Å². The molecular formula is C25H28N2O3. The molecule has 5 heteroatoms. The summed E-state index contributed by atoms with van der Waals surface area (Å²) in [7, 11) is 1.64. The normalized spacial score (nSPS) is 17.3. The molecule has 0 aromatic heterocycles. The highest BCUT2D eigenvalue weighted by molar-refractivity contribution is 6.17. The zero-order valence-electron chi connectivity index (χ0n) is 17.9. The summed E-state index contributed by atoms with van der Waals surface area (Å²) in [6, 6.07) is 13.0. The van der Waals surface area contributed by atoms with Gasteiger partial charge in [0.25, 0.3) is 5.91 Å². The van der Waals surface area contributed by atoms with Crippen molar-refractivity contribution in [3.05, 3.63) is 64.7 Å². The van der Waals surface area contributed by atoms with Crippen molar-refractivity contribution in [1.29, 1.82) is 0 Å². The number of Topliss-reactive ketones (excluding diaryl/α,β-unsaturated/α-hetero) is 1. The Labute approximate surface area is 177 Å². The Hall–Kier alpha value is -2.95. The Kier molecular flexibility index (Phi) is 5.46. The second-order valence-electron chi connectivity index (χ2n) is 8.75. The molecule has 4 rings (SSSR count). The minimum absolute atomic E-state index is 0.000362. The first-order chi connectivity index (χ1) is 14.4. The standard InChI is InChI=1S/C25H28N2O3/c1-25(2)16-19-10-11-20(30-3)14-21(19)22(26-25)15-23(28)17-6-8-18(9-7-17)24(29)27-12-4-5-13-27/h6-11,14H,4-5,12-13,15-16H2,1-3H3. The highest BCUT2D eigenvalue weighted by Gasteiger charge is 2.28. The van der Waals surface area contributed by atoms with Crippen LogP contribution in [-0.4, -0.2) is 48.0 Å². The van der Waals surface area contributed by atoms with E-state index in [0.717, 1.165) is 49.4 Å². The number of aliphatic imine (C=N–C) groups is 1. The van der Waals surface area contributed by atoms with Crippen LogP contribution in [0.15, 0.2) is 47.5 Å². The number of nitrogens with zero attached hydrogens (tertiary/aromatic N) is 2. The van der Waals surface area contributed by atoms with Gasteiger partial charge in [-0.3, -0.25) is 14.6 Å². The number of fused-ring (bicyclic) bond motifs is 1. The molecule has 0 unspecified atom stereocenters. The predicted octanol–water partition coefficient (Wildman–Crippen LogP) is 4.33. The average Bonchev–Trinajstić information content (AvgIpc) is 3.27. The number of amides is 1. The SMILES string of the molecule is COc1ccc2c(c1)C(CC(=O)c1ccc(C(=O)N3CCCC3)cc1)=NC(C)(C)C2. The van der Waals surface area contributed by atoms with Crippen molar-refractivity contribution in [3.8, 4) is 5.75 Å². The molecule has 0 spiro atoms. The summed E-state index contributed by atoms with van der Waals surface area (Å²) in [6.07, 6.45) is 3.18. The van der Waals surface area contributed by atoms with E-state index in [-0.39, 0.29) is 23.7 Å². The van der Waals surface area contributed by atoms with E-state index in [1.807, 2.05) is 17.0 Å². The molecule has 2 heterocycles. The van der Waals surface area contributed by atoms with Crippen LogP contribution in [0.1, 0.15) is 65.0 Å². The zero-order valence-corrected chi connectivity index (χ0v) is 17.9. The van der Waals surface area contributed by atoms with E-state index < -0.39 is 0 Å². The first-order valence-electron chi connectivity index (χ1n) is 10.5. The van der Waals surface area contributed by atoms with Gasteiger partial charge in [0, 0.05) is 29.8 Å². The number of hydrogen-bond donors (Lipinski definition) is 0. The largest absolute Gasteiger partial charge is 0.497 e. The van der Waals surface area contributed by atoms with Crippen LogP contribution in [-0.2, 0) is 6.42 Å². The number of carbonyl (C=O) groups is 2. The average molecular weight is 405 g/mol. The Morgan fingerprint density at radius 2 is 1.70 bits per heavy atom. The van der Waals surface area contributed by atoms with E-state index in [0.29, 0.717) is 11.1 Å². The van der Waals surface area contributed by atoms with Crippen LogP contribution in [0, 0.1) is 0 Å². The fourth-order valence-corrected chi connectivity index (χ4v) is 4.33. The van der Waals surface area contributed by atoms with Crippen molar-refractivity contribution in [1.82, 2.24) is 4.90 Å². The van der Waals surface area contributed by atoms with Crippen LogP contribution < -0.4 is 4.74 Å². The monoisotopic (exact) mass is 404 g/mol. The van der Waals surface area contributed by atoms with Crippen LogP contribution in [0.25, 0.3) is 0 Å². The molecule has 2 aliphatic heterocycles. The van der Waals surface area contributed by atoms with Gasteiger partial charge in [-0.1, -0.05) is 18.2 Å². The molecule has 1 saturated heterocycles. The van der Waals surface area contributed by atoms with Crippen LogP contribution in [0.2, 0.25) is 0 Å². The van der Waals surface area contributed by atoms with Gasteiger partial charge < -0.3 is 9.64 Å². The molecule has 1 fully saturated rings.